The number of nitrogens with one attached hydrogen (secondary N) is 1. The van der Waals surface area contributed by atoms with E-state index < -0.39 is 29.8 Å². The Balaban J connectivity index is -0.0000000305. The van der Waals surface area contributed by atoms with Gasteiger partial charge < -0.3 is 56.7 Å². The van der Waals surface area contributed by atoms with Crippen molar-refractivity contribution in [2.75, 3.05) is 26.2 Å². The first-order chi connectivity index (χ1) is 12.1. The Hall–Kier alpha value is -1.25. The molecule has 15 heteroatoms. The standard InChI is InChI=1S/C4H13N3.5C2H4O2.Mn.Na/c5-1-3-7-4-2-6;5*1-2(3)4;;/h7H,1-6H2;5*1H3,(H,3,4);;/q;;;;;;+2;+1/p-3. The first kappa shape index (κ1) is 50.9. The predicted octanol–water partition coefficient (Wildman–Crippen LogP) is -8.05. The van der Waals surface area contributed by atoms with Crippen molar-refractivity contribution in [1.82, 2.24) is 5.32 Å². The molecule has 0 fully saturated rings. The number of nitrogens with two attached hydrogens (primary N) is 2. The average molecular weight is 478 g/mol. The van der Waals surface area contributed by atoms with Gasteiger partial charge in [-0.15, -0.1) is 0 Å². The zero-order chi connectivity index (χ0) is 23.4. The van der Waals surface area contributed by atoms with Crippen LogP contribution in [0, 0.1) is 0 Å². The molecule has 0 spiro atoms. The number of hydrogen-bond donors (Lipinski definition) is 5. The first-order valence-electron chi connectivity index (χ1n) is 7.10. The van der Waals surface area contributed by atoms with Crippen molar-refractivity contribution in [2.24, 2.45) is 11.5 Å². The van der Waals surface area contributed by atoms with E-state index in [4.69, 9.17) is 61.0 Å². The van der Waals surface area contributed by atoms with Gasteiger partial charge in [-0.2, -0.15) is 0 Å². The van der Waals surface area contributed by atoms with Gasteiger partial charge in [0, 0.05) is 57.9 Å². The molecule has 0 aromatic heterocycles. The maximum Gasteiger partial charge on any atom is 2.00 e. The molecule has 0 saturated carbocycles. The number of carboxylic acid groups (broad SMARTS) is 5. The minimum absolute atomic E-state index is 0. The molecule has 0 atom stereocenters. The van der Waals surface area contributed by atoms with Gasteiger partial charge >= 0.3 is 46.6 Å². The van der Waals surface area contributed by atoms with E-state index in [-0.39, 0.29) is 46.6 Å². The second-order valence-corrected chi connectivity index (χ2v) is 3.84. The molecule has 0 aromatic rings. The Bertz CT molecular complexity index is 295. The number of rotatable bonds is 4. The van der Waals surface area contributed by atoms with Crippen LogP contribution in [-0.2, 0) is 41.0 Å². The van der Waals surface area contributed by atoms with E-state index in [9.17, 15) is 0 Å². The van der Waals surface area contributed by atoms with Crippen LogP contribution < -0.4 is 61.7 Å². The Kier molecular flexibility index (Phi) is 88.6. The molecule has 0 rings (SSSR count). The second-order valence-electron chi connectivity index (χ2n) is 3.84. The van der Waals surface area contributed by atoms with Gasteiger partial charge in [0.05, 0.1) is 0 Å². The van der Waals surface area contributed by atoms with Crippen LogP contribution in [0.15, 0.2) is 0 Å². The third kappa shape index (κ3) is 2170. The average Bonchev–Trinajstić information content (AvgIpc) is 2.35. The summed E-state index contributed by atoms with van der Waals surface area (Å²) in [6.45, 7) is 8.22. The first-order valence-corrected chi connectivity index (χ1v) is 7.10. The van der Waals surface area contributed by atoms with Crippen LogP contribution in [-0.4, -0.2) is 66.2 Å². The summed E-state index contributed by atoms with van der Waals surface area (Å²) in [5.41, 5.74) is 10.3. The second kappa shape index (κ2) is 50.5. The van der Waals surface area contributed by atoms with E-state index in [1.165, 1.54) is 0 Å². The summed E-state index contributed by atoms with van der Waals surface area (Å²) in [6, 6.07) is 0. The Morgan fingerprint density at radius 3 is 0.862 bits per heavy atom. The number of carbonyl (C=O) groups excluding carboxylic acids is 3. The van der Waals surface area contributed by atoms with E-state index in [1.54, 1.807) is 0 Å². The molecule has 0 aliphatic heterocycles. The molecule has 1 radical (unpaired) electrons. The summed E-state index contributed by atoms with van der Waals surface area (Å²) >= 11 is 0. The van der Waals surface area contributed by atoms with Gasteiger partial charge in [0.1, 0.15) is 0 Å². The summed E-state index contributed by atoms with van der Waals surface area (Å²) in [4.78, 5) is 44.7. The maximum atomic E-state index is 9.00. The van der Waals surface area contributed by atoms with E-state index in [0.29, 0.717) is 13.1 Å². The van der Waals surface area contributed by atoms with Gasteiger partial charge in [-0.1, -0.05) is 0 Å². The zero-order valence-corrected chi connectivity index (χ0v) is 20.7. The smallest absolute Gasteiger partial charge is 0.550 e. The molecule has 13 nitrogen and oxygen atoms in total. The number of hydrogen-bond acceptors (Lipinski definition) is 11. The number of carbonyl (C=O) groups is 5. The molecule has 0 aliphatic carbocycles. The molecule has 0 heterocycles. The minimum Gasteiger partial charge on any atom is -0.550 e. The van der Waals surface area contributed by atoms with E-state index in [0.717, 1.165) is 47.7 Å². The SMILES string of the molecule is CC(=O)O.CC(=O)O.CC(=O)[O-].CC(=O)[O-].CC(=O)[O-].NCCNCCN.[Mn+2].[Na+]. The fourth-order valence-electron chi connectivity index (χ4n) is 0.329. The molecular weight excluding hydrogens is 448 g/mol. The summed E-state index contributed by atoms with van der Waals surface area (Å²) < 4.78 is 0. The number of aliphatic carboxylic acids is 5. The van der Waals surface area contributed by atoms with Crippen molar-refractivity contribution in [3.8, 4) is 0 Å². The van der Waals surface area contributed by atoms with E-state index in [1.807, 2.05) is 0 Å². The van der Waals surface area contributed by atoms with Gasteiger partial charge in [0.15, 0.2) is 0 Å². The van der Waals surface area contributed by atoms with Gasteiger partial charge in [-0.05, 0) is 20.8 Å². The maximum absolute atomic E-state index is 9.00. The van der Waals surface area contributed by atoms with Crippen molar-refractivity contribution < 1.29 is 96.1 Å². The molecule has 0 aromatic carbocycles. The Morgan fingerprint density at radius 1 is 0.690 bits per heavy atom. The summed E-state index contributed by atoms with van der Waals surface area (Å²) in [7, 11) is 0. The molecule has 0 saturated heterocycles. The van der Waals surface area contributed by atoms with Crippen LogP contribution in [0.3, 0.4) is 0 Å². The van der Waals surface area contributed by atoms with Gasteiger partial charge in [-0.3, -0.25) is 9.59 Å². The van der Waals surface area contributed by atoms with Crippen molar-refractivity contribution in [2.45, 2.75) is 34.6 Å². The van der Waals surface area contributed by atoms with Crippen LogP contribution in [0.25, 0.3) is 0 Å². The molecule has 29 heavy (non-hydrogen) atoms. The van der Waals surface area contributed by atoms with Crippen LogP contribution in [0.2, 0.25) is 0 Å². The molecule has 0 aliphatic rings. The summed E-state index contributed by atoms with van der Waals surface area (Å²) in [5, 5.41) is 44.5. The van der Waals surface area contributed by atoms with Gasteiger partial charge in [0.25, 0.3) is 11.9 Å². The monoisotopic (exact) mass is 478 g/mol. The van der Waals surface area contributed by atoms with Crippen LogP contribution in [0.4, 0.5) is 0 Å². The molecule has 7 N–H and O–H groups in total. The fourth-order valence-corrected chi connectivity index (χ4v) is 0.329. The van der Waals surface area contributed by atoms with Gasteiger partial charge in [0.2, 0.25) is 0 Å². The van der Waals surface area contributed by atoms with E-state index in [2.05, 4.69) is 5.32 Å². The minimum atomic E-state index is -1.08. The predicted molar refractivity (Wildman–Crippen MR) is 89.6 cm³/mol. The Morgan fingerprint density at radius 2 is 0.793 bits per heavy atom. The topological polar surface area (TPSA) is 259 Å². The Labute approximate surface area is 203 Å². The number of carboxylic acids is 5. The van der Waals surface area contributed by atoms with Crippen molar-refractivity contribution in [1.29, 1.82) is 0 Å². The normalized spacial score (nSPS) is 6.59. The third-order valence-electron chi connectivity index (χ3n) is 0.642. The zero-order valence-electron chi connectivity index (χ0n) is 17.5. The van der Waals surface area contributed by atoms with Crippen molar-refractivity contribution in [3.63, 3.8) is 0 Å². The molecular formula is C14H30MnN3NaO10. The molecule has 0 amide bonds. The molecule has 169 valence electrons. The summed E-state index contributed by atoms with van der Waals surface area (Å²) in [5.74, 6) is -4.92. The summed E-state index contributed by atoms with van der Waals surface area (Å²) in [6.07, 6.45) is 0. The van der Waals surface area contributed by atoms with Crippen LogP contribution in [0.1, 0.15) is 34.6 Å². The largest absolute Gasteiger partial charge is 2.00 e. The molecule has 0 bridgehead atoms. The van der Waals surface area contributed by atoms with Crippen LogP contribution >= 0.6 is 0 Å². The fraction of sp³-hybridized carbons (Fsp3) is 0.643. The van der Waals surface area contributed by atoms with Crippen molar-refractivity contribution in [3.05, 3.63) is 0 Å². The third-order valence-corrected chi connectivity index (χ3v) is 0.642. The van der Waals surface area contributed by atoms with Crippen LogP contribution in [0.5, 0.6) is 0 Å². The quantitative estimate of drug-likeness (QED) is 0.186. The molecule has 0 unspecified atom stereocenters. The van der Waals surface area contributed by atoms with Crippen molar-refractivity contribution >= 4 is 29.8 Å². The van der Waals surface area contributed by atoms with Gasteiger partial charge in [-0.25, -0.2) is 0 Å². The van der Waals surface area contributed by atoms with E-state index >= 15 is 0 Å².